The predicted molar refractivity (Wildman–Crippen MR) is 116 cm³/mol. The van der Waals surface area contributed by atoms with Gasteiger partial charge in [0.2, 0.25) is 0 Å². The van der Waals surface area contributed by atoms with E-state index in [0.717, 1.165) is 56.4 Å². The smallest absolute Gasteiger partial charge is 0.337 e. The van der Waals surface area contributed by atoms with Gasteiger partial charge in [-0.15, -0.1) is 0 Å². The van der Waals surface area contributed by atoms with Crippen LogP contribution in [0.5, 0.6) is 0 Å². The molecule has 1 aliphatic heterocycles. The summed E-state index contributed by atoms with van der Waals surface area (Å²) in [5, 5.41) is 3.13. The van der Waals surface area contributed by atoms with Crippen LogP contribution in [0.3, 0.4) is 0 Å². The highest BCUT2D eigenvalue weighted by Crippen LogP contribution is 2.29. The number of aryl methyl sites for hydroxylation is 1. The first-order valence-corrected chi connectivity index (χ1v) is 10.9. The monoisotopic (exact) mass is 405 g/mol. The summed E-state index contributed by atoms with van der Waals surface area (Å²) >= 11 is 0. The van der Waals surface area contributed by atoms with Gasteiger partial charge in [-0.25, -0.2) is 14.2 Å². The van der Waals surface area contributed by atoms with Crippen LogP contribution in [0.2, 0.25) is 0 Å². The Labute approximate surface area is 175 Å². The van der Waals surface area contributed by atoms with Crippen LogP contribution in [-0.4, -0.2) is 28.4 Å². The molecule has 0 unspecified atom stereocenters. The number of carbonyl (C=O) groups excluding carboxylic acids is 1. The molecule has 1 fully saturated rings. The van der Waals surface area contributed by atoms with Gasteiger partial charge in [0.25, 0.3) is 0 Å². The maximum absolute atomic E-state index is 13.3. The van der Waals surface area contributed by atoms with E-state index in [2.05, 4.69) is 17.4 Å². The van der Waals surface area contributed by atoms with Crippen LogP contribution in [0.1, 0.15) is 42.9 Å². The van der Waals surface area contributed by atoms with Crippen molar-refractivity contribution >= 4 is 17.1 Å². The molecular formula is C24H27N3O3. The summed E-state index contributed by atoms with van der Waals surface area (Å²) in [5.41, 5.74) is 3.66. The first-order valence-electron chi connectivity index (χ1n) is 10.9. The number of fused-ring (bicyclic) bond motifs is 2. The molecule has 6 heteroatoms. The highest BCUT2D eigenvalue weighted by atomic mass is 16.5. The fourth-order valence-corrected chi connectivity index (χ4v) is 4.89. The van der Waals surface area contributed by atoms with Crippen molar-refractivity contribution in [2.24, 2.45) is 5.92 Å². The fraction of sp³-hybridized carbons (Fsp3) is 0.417. The molecule has 1 amide bonds. The highest BCUT2D eigenvalue weighted by molar-refractivity contribution is 5.89. The van der Waals surface area contributed by atoms with E-state index in [9.17, 15) is 9.59 Å². The minimum Gasteiger partial charge on any atom is -0.381 e. The lowest BCUT2D eigenvalue weighted by Crippen LogP contribution is -2.40. The molecular weight excluding hydrogens is 378 g/mol. The summed E-state index contributed by atoms with van der Waals surface area (Å²) in [6.07, 6.45) is 4.83. The molecule has 3 aromatic rings. The number of hydrogen-bond donors (Lipinski definition) is 1. The maximum Gasteiger partial charge on any atom is 0.337 e. The minimum atomic E-state index is -0.344. The van der Waals surface area contributed by atoms with Gasteiger partial charge in [-0.05, 0) is 61.3 Å². The van der Waals surface area contributed by atoms with Crippen molar-refractivity contribution in [3.8, 4) is 0 Å². The second kappa shape index (κ2) is 8.11. The SMILES string of the molecule is O=C(N[C@H]1CCCc2ccccc21)n1c(=O)n(CC2CCOCC2)c2ccccc21. The Morgan fingerprint density at radius 2 is 1.73 bits per heavy atom. The summed E-state index contributed by atoms with van der Waals surface area (Å²) < 4.78 is 8.53. The third kappa shape index (κ3) is 3.45. The molecule has 1 N–H and O–H groups in total. The average Bonchev–Trinajstić information content (AvgIpc) is 3.06. The van der Waals surface area contributed by atoms with E-state index in [1.54, 1.807) is 4.57 Å². The van der Waals surface area contributed by atoms with Crippen molar-refractivity contribution in [1.82, 2.24) is 14.5 Å². The van der Waals surface area contributed by atoms with E-state index in [4.69, 9.17) is 4.74 Å². The van der Waals surface area contributed by atoms with Crippen LogP contribution in [0.25, 0.3) is 11.0 Å². The Morgan fingerprint density at radius 1 is 1.00 bits per heavy atom. The van der Waals surface area contributed by atoms with Crippen molar-refractivity contribution in [3.63, 3.8) is 0 Å². The summed E-state index contributed by atoms with van der Waals surface area (Å²) in [4.78, 5) is 26.6. The second-order valence-electron chi connectivity index (χ2n) is 8.37. The largest absolute Gasteiger partial charge is 0.381 e. The van der Waals surface area contributed by atoms with Crippen LogP contribution in [-0.2, 0) is 17.7 Å². The Bertz CT molecular complexity index is 1120. The van der Waals surface area contributed by atoms with Crippen LogP contribution >= 0.6 is 0 Å². The molecule has 5 rings (SSSR count). The quantitative estimate of drug-likeness (QED) is 0.720. The normalized spacial score (nSPS) is 19.5. The molecule has 2 aromatic carbocycles. The van der Waals surface area contributed by atoms with Gasteiger partial charge in [0.15, 0.2) is 0 Å². The molecule has 1 aromatic heterocycles. The summed E-state index contributed by atoms with van der Waals surface area (Å²) in [5.74, 6) is 0.393. The van der Waals surface area contributed by atoms with Crippen LogP contribution < -0.4 is 11.0 Å². The molecule has 1 saturated heterocycles. The van der Waals surface area contributed by atoms with Gasteiger partial charge in [-0.1, -0.05) is 36.4 Å². The molecule has 0 bridgehead atoms. The summed E-state index contributed by atoms with van der Waals surface area (Å²) in [7, 11) is 0. The number of carbonyl (C=O) groups is 1. The standard InChI is InChI=1S/C24H27N3O3/c28-23(25-20-9-5-7-18-6-1-2-8-19(18)20)27-22-11-4-3-10-21(22)26(24(27)29)16-17-12-14-30-15-13-17/h1-4,6,8,10-11,17,20H,5,7,9,12-16H2,(H,25,28)/t20-/m0/s1. The molecule has 0 radical (unpaired) electrons. The maximum atomic E-state index is 13.3. The van der Waals surface area contributed by atoms with Crippen molar-refractivity contribution in [2.75, 3.05) is 13.2 Å². The Kier molecular flexibility index (Phi) is 5.17. The Balaban J connectivity index is 1.48. The zero-order valence-corrected chi connectivity index (χ0v) is 17.0. The van der Waals surface area contributed by atoms with Gasteiger partial charge in [0, 0.05) is 19.8 Å². The Hall–Kier alpha value is -2.86. The van der Waals surface area contributed by atoms with Gasteiger partial charge in [0.1, 0.15) is 0 Å². The molecule has 30 heavy (non-hydrogen) atoms. The number of hydrogen-bond acceptors (Lipinski definition) is 3. The van der Waals surface area contributed by atoms with Gasteiger partial charge in [-0.2, -0.15) is 0 Å². The fourth-order valence-electron chi connectivity index (χ4n) is 4.89. The molecule has 2 aliphatic rings. The van der Waals surface area contributed by atoms with Crippen molar-refractivity contribution in [3.05, 3.63) is 70.1 Å². The number of ether oxygens (including phenoxy) is 1. The number of benzene rings is 2. The molecule has 2 heterocycles. The number of rotatable bonds is 3. The van der Waals surface area contributed by atoms with Gasteiger partial charge >= 0.3 is 11.7 Å². The topological polar surface area (TPSA) is 65.3 Å². The third-order valence-electron chi connectivity index (χ3n) is 6.49. The zero-order valence-electron chi connectivity index (χ0n) is 17.0. The lowest BCUT2D eigenvalue weighted by Gasteiger charge is -2.26. The lowest BCUT2D eigenvalue weighted by atomic mass is 9.88. The summed E-state index contributed by atoms with van der Waals surface area (Å²) in [6.45, 7) is 2.09. The average molecular weight is 405 g/mol. The van der Waals surface area contributed by atoms with Crippen molar-refractivity contribution in [2.45, 2.75) is 44.7 Å². The number of para-hydroxylation sites is 2. The van der Waals surface area contributed by atoms with E-state index in [-0.39, 0.29) is 17.8 Å². The highest BCUT2D eigenvalue weighted by Gasteiger charge is 2.26. The molecule has 156 valence electrons. The van der Waals surface area contributed by atoms with Gasteiger partial charge in [-0.3, -0.25) is 4.57 Å². The second-order valence-corrected chi connectivity index (χ2v) is 8.37. The van der Waals surface area contributed by atoms with E-state index in [0.29, 0.717) is 18.0 Å². The zero-order chi connectivity index (χ0) is 20.5. The van der Waals surface area contributed by atoms with Crippen LogP contribution in [0.4, 0.5) is 4.79 Å². The molecule has 1 aliphatic carbocycles. The van der Waals surface area contributed by atoms with Crippen LogP contribution in [0, 0.1) is 5.92 Å². The van der Waals surface area contributed by atoms with E-state index in [1.807, 2.05) is 36.4 Å². The number of amides is 1. The number of nitrogens with one attached hydrogen (secondary N) is 1. The lowest BCUT2D eigenvalue weighted by molar-refractivity contribution is 0.0613. The number of imidazole rings is 1. The minimum absolute atomic E-state index is 0.0630. The van der Waals surface area contributed by atoms with Crippen molar-refractivity contribution < 1.29 is 9.53 Å². The predicted octanol–water partition coefficient (Wildman–Crippen LogP) is 3.86. The van der Waals surface area contributed by atoms with E-state index >= 15 is 0 Å². The molecule has 6 nitrogen and oxygen atoms in total. The van der Waals surface area contributed by atoms with Gasteiger partial charge in [0.05, 0.1) is 17.1 Å². The first-order chi connectivity index (χ1) is 14.7. The number of aromatic nitrogens is 2. The number of nitrogens with zero attached hydrogens (tertiary/aromatic N) is 2. The molecule has 0 saturated carbocycles. The summed E-state index contributed by atoms with van der Waals surface area (Å²) in [6, 6.07) is 15.4. The Morgan fingerprint density at radius 3 is 2.57 bits per heavy atom. The van der Waals surface area contributed by atoms with E-state index in [1.165, 1.54) is 10.1 Å². The van der Waals surface area contributed by atoms with Crippen molar-refractivity contribution in [1.29, 1.82) is 0 Å². The van der Waals surface area contributed by atoms with E-state index < -0.39 is 0 Å². The van der Waals surface area contributed by atoms with Crippen LogP contribution in [0.15, 0.2) is 53.3 Å². The molecule has 0 spiro atoms. The first kappa shape index (κ1) is 19.1. The third-order valence-corrected chi connectivity index (χ3v) is 6.49. The van der Waals surface area contributed by atoms with Gasteiger partial charge < -0.3 is 10.1 Å². The molecule has 1 atom stereocenters.